The molecule has 5 atom stereocenters. The molecule has 1 aromatic carbocycles. The van der Waals surface area contributed by atoms with E-state index in [2.05, 4.69) is 5.32 Å². The number of hydrogen-bond donors (Lipinski definition) is 2. The SMILES string of the molecule is Cc1ccc(S(=O)(=O)O[C@@H]2[C@@H]3OC[C@@H](O3)[C@H](NC(C)C)[C@@H]2O)cc1. The summed E-state index contributed by atoms with van der Waals surface area (Å²) in [6.07, 6.45) is -3.39. The number of hydrogen-bond acceptors (Lipinski definition) is 7. The third-order valence-electron chi connectivity index (χ3n) is 4.18. The quantitative estimate of drug-likeness (QED) is 0.743. The molecular formula is C16H23NO6S. The van der Waals surface area contributed by atoms with E-state index in [1.807, 2.05) is 20.8 Å². The van der Waals surface area contributed by atoms with Crippen LogP contribution in [0.3, 0.4) is 0 Å². The smallest absolute Gasteiger partial charge is 0.297 e. The van der Waals surface area contributed by atoms with Crippen LogP contribution in [-0.4, -0.2) is 56.8 Å². The Kier molecular flexibility index (Phi) is 4.96. The lowest BCUT2D eigenvalue weighted by molar-refractivity contribution is -0.193. The van der Waals surface area contributed by atoms with Crippen LogP contribution < -0.4 is 5.32 Å². The second kappa shape index (κ2) is 6.70. The largest absolute Gasteiger partial charge is 0.388 e. The average molecular weight is 357 g/mol. The van der Waals surface area contributed by atoms with E-state index < -0.39 is 34.7 Å². The van der Waals surface area contributed by atoms with E-state index in [1.54, 1.807) is 12.1 Å². The Bertz CT molecular complexity index is 674. The van der Waals surface area contributed by atoms with Crippen LogP contribution >= 0.6 is 0 Å². The minimum atomic E-state index is -4.03. The van der Waals surface area contributed by atoms with Gasteiger partial charge < -0.3 is 19.9 Å². The topological polar surface area (TPSA) is 94.1 Å². The van der Waals surface area contributed by atoms with Crippen molar-refractivity contribution in [1.29, 1.82) is 0 Å². The number of nitrogens with one attached hydrogen (secondary N) is 1. The molecule has 2 N–H and O–H groups in total. The summed E-state index contributed by atoms with van der Waals surface area (Å²) in [4.78, 5) is 0.0359. The lowest BCUT2D eigenvalue weighted by Crippen LogP contribution is -2.61. The highest BCUT2D eigenvalue weighted by Gasteiger charge is 2.52. The molecule has 134 valence electrons. The molecule has 0 radical (unpaired) electrons. The van der Waals surface area contributed by atoms with E-state index in [9.17, 15) is 13.5 Å². The van der Waals surface area contributed by atoms with Crippen molar-refractivity contribution in [2.45, 2.75) is 62.4 Å². The first kappa shape index (κ1) is 17.8. The second-order valence-electron chi connectivity index (χ2n) is 6.54. The van der Waals surface area contributed by atoms with Crippen LogP contribution in [0.2, 0.25) is 0 Å². The van der Waals surface area contributed by atoms with Crippen LogP contribution in [0.25, 0.3) is 0 Å². The van der Waals surface area contributed by atoms with Gasteiger partial charge in [-0.1, -0.05) is 31.5 Å². The summed E-state index contributed by atoms with van der Waals surface area (Å²) in [7, 11) is -4.03. The highest BCUT2D eigenvalue weighted by Crippen LogP contribution is 2.32. The summed E-state index contributed by atoms with van der Waals surface area (Å²) in [5.41, 5.74) is 0.943. The number of fused-ring (bicyclic) bond motifs is 2. The lowest BCUT2D eigenvalue weighted by Gasteiger charge is -2.38. The van der Waals surface area contributed by atoms with Crippen molar-refractivity contribution in [3.8, 4) is 0 Å². The number of aliphatic hydroxyl groups is 1. The molecule has 2 saturated heterocycles. The molecule has 2 aliphatic heterocycles. The molecule has 8 heteroatoms. The van der Waals surface area contributed by atoms with Gasteiger partial charge in [0.05, 0.1) is 17.5 Å². The standard InChI is InChI=1S/C16H23NO6S/c1-9(2)17-13-12-8-21-16(22-12)15(14(13)18)23-24(19,20)11-6-4-10(3)5-7-11/h4-7,9,12-18H,8H2,1-3H3/t12-,13+,14+,15+,16-/m1/s1. The summed E-state index contributed by atoms with van der Waals surface area (Å²) in [6, 6.07) is 5.97. The molecule has 2 bridgehead atoms. The first-order valence-corrected chi connectivity index (χ1v) is 9.40. The maximum Gasteiger partial charge on any atom is 0.297 e. The minimum Gasteiger partial charge on any atom is -0.388 e. The van der Waals surface area contributed by atoms with Crippen molar-refractivity contribution >= 4 is 10.1 Å². The molecule has 0 saturated carbocycles. The van der Waals surface area contributed by atoms with Crippen LogP contribution in [0.4, 0.5) is 0 Å². The molecule has 0 spiro atoms. The normalized spacial score (nSPS) is 33.1. The van der Waals surface area contributed by atoms with Gasteiger partial charge in [-0.3, -0.25) is 4.18 Å². The van der Waals surface area contributed by atoms with Gasteiger partial charge in [-0.25, -0.2) is 0 Å². The fourth-order valence-electron chi connectivity index (χ4n) is 2.99. The summed E-state index contributed by atoms with van der Waals surface area (Å²) < 4.78 is 41.4. The second-order valence-corrected chi connectivity index (χ2v) is 8.11. The number of benzene rings is 1. The van der Waals surface area contributed by atoms with Gasteiger partial charge in [-0.2, -0.15) is 8.42 Å². The molecular weight excluding hydrogens is 334 g/mol. The third-order valence-corrected chi connectivity index (χ3v) is 5.51. The molecule has 24 heavy (non-hydrogen) atoms. The van der Waals surface area contributed by atoms with Gasteiger partial charge >= 0.3 is 0 Å². The van der Waals surface area contributed by atoms with E-state index in [-0.39, 0.29) is 23.6 Å². The van der Waals surface area contributed by atoms with Crippen molar-refractivity contribution < 1.29 is 27.2 Å². The number of ether oxygens (including phenoxy) is 2. The van der Waals surface area contributed by atoms with Crippen molar-refractivity contribution in [3.05, 3.63) is 29.8 Å². The Balaban J connectivity index is 1.81. The molecule has 2 aliphatic rings. The molecule has 2 fully saturated rings. The fraction of sp³-hybridized carbons (Fsp3) is 0.625. The van der Waals surface area contributed by atoms with Crippen LogP contribution in [-0.2, 0) is 23.8 Å². The number of rotatable bonds is 5. The average Bonchev–Trinajstić information content (AvgIpc) is 2.95. The third kappa shape index (κ3) is 3.49. The van der Waals surface area contributed by atoms with Gasteiger partial charge in [0.2, 0.25) is 0 Å². The maximum absolute atomic E-state index is 12.5. The Morgan fingerprint density at radius 2 is 1.96 bits per heavy atom. The van der Waals surface area contributed by atoms with Crippen molar-refractivity contribution in [1.82, 2.24) is 5.32 Å². The predicted molar refractivity (Wildman–Crippen MR) is 85.9 cm³/mol. The summed E-state index contributed by atoms with van der Waals surface area (Å²) in [5.74, 6) is 0. The highest BCUT2D eigenvalue weighted by atomic mass is 32.2. The zero-order valence-electron chi connectivity index (χ0n) is 13.9. The van der Waals surface area contributed by atoms with Gasteiger partial charge in [0.25, 0.3) is 10.1 Å². The highest BCUT2D eigenvalue weighted by molar-refractivity contribution is 7.86. The first-order valence-electron chi connectivity index (χ1n) is 7.99. The molecule has 0 aromatic heterocycles. The van der Waals surface area contributed by atoms with Crippen LogP contribution in [0.1, 0.15) is 19.4 Å². The molecule has 2 heterocycles. The van der Waals surface area contributed by atoms with Crippen molar-refractivity contribution in [2.75, 3.05) is 6.61 Å². The monoisotopic (exact) mass is 357 g/mol. The fourth-order valence-corrected chi connectivity index (χ4v) is 4.06. The van der Waals surface area contributed by atoms with Crippen LogP contribution in [0.5, 0.6) is 0 Å². The molecule has 3 rings (SSSR count). The Hall–Kier alpha value is -1.03. The lowest BCUT2D eigenvalue weighted by atomic mass is 9.97. The Labute approximate surface area is 142 Å². The van der Waals surface area contributed by atoms with E-state index in [4.69, 9.17) is 13.7 Å². The van der Waals surface area contributed by atoms with Crippen molar-refractivity contribution in [2.24, 2.45) is 0 Å². The van der Waals surface area contributed by atoms with Crippen LogP contribution in [0, 0.1) is 6.92 Å². The van der Waals surface area contributed by atoms with Gasteiger partial charge in [0, 0.05) is 6.04 Å². The zero-order chi connectivity index (χ0) is 17.5. The molecule has 7 nitrogen and oxygen atoms in total. The summed E-state index contributed by atoms with van der Waals surface area (Å²) >= 11 is 0. The molecule has 1 aromatic rings. The predicted octanol–water partition coefficient (Wildman–Crippen LogP) is 0.552. The van der Waals surface area contributed by atoms with Gasteiger partial charge in [-0.15, -0.1) is 0 Å². The Morgan fingerprint density at radius 3 is 2.58 bits per heavy atom. The van der Waals surface area contributed by atoms with Gasteiger partial charge in [0.1, 0.15) is 12.2 Å². The Morgan fingerprint density at radius 1 is 1.29 bits per heavy atom. The van der Waals surface area contributed by atoms with E-state index in [0.29, 0.717) is 0 Å². The van der Waals surface area contributed by atoms with E-state index in [0.717, 1.165) is 5.56 Å². The zero-order valence-corrected chi connectivity index (χ0v) is 14.7. The van der Waals surface area contributed by atoms with E-state index in [1.165, 1.54) is 12.1 Å². The number of aryl methyl sites for hydroxylation is 1. The summed E-state index contributed by atoms with van der Waals surface area (Å²) in [6.45, 7) is 6.03. The molecule has 0 amide bonds. The minimum absolute atomic E-state index is 0.0359. The number of aliphatic hydroxyl groups excluding tert-OH is 1. The first-order chi connectivity index (χ1) is 11.3. The summed E-state index contributed by atoms with van der Waals surface area (Å²) in [5, 5.41) is 13.8. The van der Waals surface area contributed by atoms with Crippen molar-refractivity contribution in [3.63, 3.8) is 0 Å². The van der Waals surface area contributed by atoms with E-state index >= 15 is 0 Å². The molecule has 0 unspecified atom stereocenters. The van der Waals surface area contributed by atoms with Gasteiger partial charge in [-0.05, 0) is 19.1 Å². The van der Waals surface area contributed by atoms with Crippen LogP contribution in [0.15, 0.2) is 29.2 Å². The van der Waals surface area contributed by atoms with Gasteiger partial charge in [0.15, 0.2) is 12.4 Å². The molecule has 0 aliphatic carbocycles. The maximum atomic E-state index is 12.5.